The van der Waals surface area contributed by atoms with E-state index in [2.05, 4.69) is 211 Å². The van der Waals surface area contributed by atoms with Crippen LogP contribution in [0.15, 0.2) is 243 Å². The van der Waals surface area contributed by atoms with Crippen molar-refractivity contribution in [2.75, 3.05) is 4.90 Å². The molecule has 0 unspecified atom stereocenters. The molecule has 1 aromatic heterocycles. The molecule has 0 atom stereocenters. The molecule has 304 valence electrons. The minimum Gasteiger partial charge on any atom is -0.311 e. The van der Waals surface area contributed by atoms with Crippen molar-refractivity contribution in [3.05, 3.63) is 243 Å². The second kappa shape index (κ2) is 16.2. The SMILES string of the molecule is c1ccc(-c2ccc(N(c3ccc(-c4ccccc4)cc3)c3ccc(-c4ccc(-c5nc(-c6ccccc6)nc(-c6ccccc6)n5)c5c4-c4cccc6cccc-5c46)cc3)cc2)cc1. The zero-order valence-corrected chi connectivity index (χ0v) is 35.4. The lowest BCUT2D eigenvalue weighted by molar-refractivity contribution is 1.07. The lowest BCUT2D eigenvalue weighted by Gasteiger charge is -2.26. The lowest BCUT2D eigenvalue weighted by atomic mass is 9.89. The van der Waals surface area contributed by atoms with Crippen molar-refractivity contribution >= 4 is 27.8 Å². The number of hydrogen-bond donors (Lipinski definition) is 0. The number of nitrogens with zero attached hydrogens (tertiary/aromatic N) is 4. The lowest BCUT2D eigenvalue weighted by Crippen LogP contribution is -2.09. The molecule has 4 heteroatoms. The highest BCUT2D eigenvalue weighted by molar-refractivity contribution is 6.20. The van der Waals surface area contributed by atoms with Crippen LogP contribution in [0.2, 0.25) is 0 Å². The third-order valence-electron chi connectivity index (χ3n) is 12.5. The largest absolute Gasteiger partial charge is 0.311 e. The highest BCUT2D eigenvalue weighted by Gasteiger charge is 2.29. The first-order chi connectivity index (χ1) is 32.2. The van der Waals surface area contributed by atoms with E-state index in [0.717, 1.165) is 50.4 Å². The topological polar surface area (TPSA) is 41.9 Å². The minimum atomic E-state index is 0.644. The predicted octanol–water partition coefficient (Wildman–Crippen LogP) is 16.1. The molecule has 4 nitrogen and oxygen atoms in total. The number of hydrogen-bond acceptors (Lipinski definition) is 4. The monoisotopic (exact) mass is 828 g/mol. The van der Waals surface area contributed by atoms with Crippen molar-refractivity contribution in [1.29, 1.82) is 0 Å². The summed E-state index contributed by atoms with van der Waals surface area (Å²) in [6, 6.07) is 85.9. The third-order valence-corrected chi connectivity index (χ3v) is 12.5. The molecule has 1 aliphatic rings. The van der Waals surface area contributed by atoms with Crippen LogP contribution in [0.25, 0.3) is 101 Å². The molecule has 0 saturated heterocycles. The Kier molecular flexibility index (Phi) is 9.46. The fourth-order valence-corrected chi connectivity index (χ4v) is 9.38. The van der Waals surface area contributed by atoms with Gasteiger partial charge in [0.1, 0.15) is 0 Å². The van der Waals surface area contributed by atoms with E-state index in [1.54, 1.807) is 0 Å². The highest BCUT2D eigenvalue weighted by atomic mass is 15.1. The maximum Gasteiger partial charge on any atom is 0.164 e. The van der Waals surface area contributed by atoms with Crippen molar-refractivity contribution in [1.82, 2.24) is 15.0 Å². The van der Waals surface area contributed by atoms with Crippen LogP contribution in [-0.2, 0) is 0 Å². The molecule has 1 heterocycles. The Morgan fingerprint density at radius 3 is 1.03 bits per heavy atom. The van der Waals surface area contributed by atoms with Crippen LogP contribution >= 0.6 is 0 Å². The van der Waals surface area contributed by atoms with Gasteiger partial charge in [0.05, 0.1) is 0 Å². The molecule has 10 aromatic carbocycles. The van der Waals surface area contributed by atoms with E-state index < -0.39 is 0 Å². The Morgan fingerprint density at radius 1 is 0.231 bits per heavy atom. The third kappa shape index (κ3) is 6.95. The molecule has 65 heavy (non-hydrogen) atoms. The van der Waals surface area contributed by atoms with Gasteiger partial charge in [-0.15, -0.1) is 0 Å². The van der Waals surface area contributed by atoms with Crippen LogP contribution in [0, 0.1) is 0 Å². The number of benzene rings is 10. The summed E-state index contributed by atoms with van der Waals surface area (Å²) in [5.41, 5.74) is 17.9. The standard InChI is InChI=1S/C61H40N4/c1-5-15-41(16-6-1)43-27-33-49(34-28-43)65(50-35-29-44(30-36-50)42-17-7-2-8-18-42)51-37-31-45(32-38-51)52-39-40-55(58-54-26-14-24-46-23-13-25-53(56(46)54)57(52)58)61-63-59(47-19-9-3-10-20-47)62-60(64-61)48-21-11-4-12-22-48/h1-40H. The van der Waals surface area contributed by atoms with Crippen LogP contribution in [0.1, 0.15) is 0 Å². The maximum atomic E-state index is 5.21. The Hall–Kier alpha value is -8.73. The minimum absolute atomic E-state index is 0.644. The van der Waals surface area contributed by atoms with Gasteiger partial charge in [-0.05, 0) is 103 Å². The van der Waals surface area contributed by atoms with Crippen molar-refractivity contribution in [3.8, 4) is 89.8 Å². The summed E-state index contributed by atoms with van der Waals surface area (Å²) in [6.07, 6.45) is 0. The number of anilines is 3. The summed E-state index contributed by atoms with van der Waals surface area (Å²) >= 11 is 0. The molecule has 0 N–H and O–H groups in total. The first kappa shape index (κ1) is 38.0. The normalized spacial score (nSPS) is 11.4. The number of fused-ring (bicyclic) bond motifs is 3. The average molecular weight is 829 g/mol. The number of aromatic nitrogens is 3. The van der Waals surface area contributed by atoms with Crippen LogP contribution in [0.3, 0.4) is 0 Å². The number of rotatable bonds is 9. The van der Waals surface area contributed by atoms with E-state index in [0.29, 0.717) is 17.5 Å². The van der Waals surface area contributed by atoms with Gasteiger partial charge in [-0.3, -0.25) is 0 Å². The summed E-state index contributed by atoms with van der Waals surface area (Å²) in [4.78, 5) is 17.8. The zero-order chi connectivity index (χ0) is 43.1. The van der Waals surface area contributed by atoms with Gasteiger partial charge in [-0.1, -0.05) is 200 Å². The van der Waals surface area contributed by atoms with Crippen molar-refractivity contribution in [2.45, 2.75) is 0 Å². The van der Waals surface area contributed by atoms with E-state index in [9.17, 15) is 0 Å². The second-order valence-electron chi connectivity index (χ2n) is 16.4. The Bertz CT molecular complexity index is 3340. The molecule has 12 rings (SSSR count). The first-order valence-electron chi connectivity index (χ1n) is 22.0. The molecule has 11 aromatic rings. The Labute approximate surface area is 378 Å². The molecule has 0 saturated carbocycles. The maximum absolute atomic E-state index is 5.21. The van der Waals surface area contributed by atoms with E-state index in [-0.39, 0.29) is 0 Å². The van der Waals surface area contributed by atoms with E-state index in [1.807, 2.05) is 36.4 Å². The van der Waals surface area contributed by atoms with E-state index in [4.69, 9.17) is 15.0 Å². The van der Waals surface area contributed by atoms with Crippen LogP contribution in [0.4, 0.5) is 17.1 Å². The van der Waals surface area contributed by atoms with E-state index >= 15 is 0 Å². The van der Waals surface area contributed by atoms with Crippen molar-refractivity contribution < 1.29 is 0 Å². The van der Waals surface area contributed by atoms with E-state index in [1.165, 1.54) is 49.7 Å². The summed E-state index contributed by atoms with van der Waals surface area (Å²) in [7, 11) is 0. The molecule has 0 spiro atoms. The molecule has 0 bridgehead atoms. The molecule has 0 fully saturated rings. The van der Waals surface area contributed by atoms with Crippen LogP contribution < -0.4 is 4.90 Å². The Morgan fingerprint density at radius 2 is 0.585 bits per heavy atom. The van der Waals surface area contributed by atoms with Gasteiger partial charge < -0.3 is 4.90 Å². The molecular formula is C61H40N4. The van der Waals surface area contributed by atoms with Gasteiger partial charge in [0, 0.05) is 39.3 Å². The first-order valence-corrected chi connectivity index (χ1v) is 22.0. The summed E-state index contributed by atoms with van der Waals surface area (Å²) in [6.45, 7) is 0. The van der Waals surface area contributed by atoms with Gasteiger partial charge in [0.25, 0.3) is 0 Å². The van der Waals surface area contributed by atoms with Gasteiger partial charge >= 0.3 is 0 Å². The van der Waals surface area contributed by atoms with Crippen molar-refractivity contribution in [2.24, 2.45) is 0 Å². The summed E-state index contributed by atoms with van der Waals surface area (Å²) in [5.74, 6) is 1.93. The fraction of sp³-hybridized carbons (Fsp3) is 0. The highest BCUT2D eigenvalue weighted by Crippen LogP contribution is 2.54. The van der Waals surface area contributed by atoms with Crippen LogP contribution in [0.5, 0.6) is 0 Å². The molecular weight excluding hydrogens is 789 g/mol. The quantitative estimate of drug-likeness (QED) is 0.145. The van der Waals surface area contributed by atoms with Gasteiger partial charge in [-0.2, -0.15) is 0 Å². The van der Waals surface area contributed by atoms with Gasteiger partial charge in [0.15, 0.2) is 17.5 Å². The molecule has 0 amide bonds. The average Bonchev–Trinajstić information content (AvgIpc) is 3.73. The zero-order valence-electron chi connectivity index (χ0n) is 35.4. The predicted molar refractivity (Wildman–Crippen MR) is 269 cm³/mol. The molecule has 0 radical (unpaired) electrons. The summed E-state index contributed by atoms with van der Waals surface area (Å²) < 4.78 is 0. The fourth-order valence-electron chi connectivity index (χ4n) is 9.38. The van der Waals surface area contributed by atoms with Crippen LogP contribution in [-0.4, -0.2) is 15.0 Å². The van der Waals surface area contributed by atoms with Crippen molar-refractivity contribution in [3.63, 3.8) is 0 Å². The Balaban J connectivity index is 0.993. The molecule has 0 aliphatic heterocycles. The summed E-state index contributed by atoms with van der Waals surface area (Å²) in [5, 5.41) is 2.46. The van der Waals surface area contributed by atoms with Gasteiger partial charge in [-0.25, -0.2) is 15.0 Å². The van der Waals surface area contributed by atoms with Gasteiger partial charge in [0.2, 0.25) is 0 Å². The molecule has 1 aliphatic carbocycles. The second-order valence-corrected chi connectivity index (χ2v) is 16.4. The smallest absolute Gasteiger partial charge is 0.164 e.